The van der Waals surface area contributed by atoms with Gasteiger partial charge in [-0.05, 0) is 25.2 Å². The molecule has 3 atom stereocenters. The van der Waals surface area contributed by atoms with Gasteiger partial charge in [-0.3, -0.25) is 4.79 Å². The molecule has 0 aromatic heterocycles. The highest BCUT2D eigenvalue weighted by atomic mass is 35.5. The molecule has 1 aliphatic rings. The number of hydrogen-bond donors (Lipinski definition) is 1. The van der Waals surface area contributed by atoms with Gasteiger partial charge in [0.25, 0.3) is 0 Å². The molecule has 1 aliphatic heterocycles. The maximum absolute atomic E-state index is 12.1. The van der Waals surface area contributed by atoms with Gasteiger partial charge in [-0.15, -0.1) is 24.8 Å². The maximum atomic E-state index is 12.1. The van der Waals surface area contributed by atoms with Crippen molar-refractivity contribution < 1.29 is 4.79 Å². The Bertz CT molecular complexity index is 358. The van der Waals surface area contributed by atoms with Gasteiger partial charge >= 0.3 is 0 Å². The molecule has 2 N–H and O–H groups in total. The van der Waals surface area contributed by atoms with Gasteiger partial charge in [-0.25, -0.2) is 0 Å². The molecule has 1 rings (SSSR count). The average molecular weight is 270 g/mol. The van der Waals surface area contributed by atoms with Crippen LogP contribution < -0.4 is 5.73 Å². The van der Waals surface area contributed by atoms with Gasteiger partial charge in [-0.1, -0.05) is 6.92 Å². The van der Waals surface area contributed by atoms with E-state index in [9.17, 15) is 4.79 Å². The number of halogens is 1. The lowest BCUT2D eigenvalue weighted by Gasteiger charge is -2.24. The predicted molar refractivity (Wildman–Crippen MR) is 72.8 cm³/mol. The van der Waals surface area contributed by atoms with Crippen LogP contribution >= 0.6 is 12.4 Å². The smallest absolute Gasteiger partial charge is 0.240 e. The first-order valence-corrected chi connectivity index (χ1v) is 5.99. The molecular formula is C13H20ClN3O. The van der Waals surface area contributed by atoms with E-state index in [4.69, 9.17) is 17.4 Å². The van der Waals surface area contributed by atoms with Gasteiger partial charge < -0.3 is 10.6 Å². The molecular weight excluding hydrogens is 250 g/mol. The fourth-order valence-corrected chi connectivity index (χ4v) is 2.20. The third-order valence-corrected chi connectivity index (χ3v) is 3.12. The van der Waals surface area contributed by atoms with Crippen molar-refractivity contribution in [3.05, 3.63) is 0 Å². The molecule has 1 fully saturated rings. The number of nitrogens with two attached hydrogens (primary N) is 1. The Balaban J connectivity index is 0.00000289. The second-order valence-electron chi connectivity index (χ2n) is 4.67. The summed E-state index contributed by atoms with van der Waals surface area (Å²) in [5.41, 5.74) is 5.88. The molecule has 4 nitrogen and oxygen atoms in total. The highest BCUT2D eigenvalue weighted by Gasteiger charge is 2.31. The van der Waals surface area contributed by atoms with E-state index in [0.717, 1.165) is 12.8 Å². The lowest BCUT2D eigenvalue weighted by atomic mass is 9.98. The van der Waals surface area contributed by atoms with E-state index in [1.807, 2.05) is 6.92 Å². The second-order valence-corrected chi connectivity index (χ2v) is 4.67. The molecule has 18 heavy (non-hydrogen) atoms. The minimum atomic E-state index is -0.535. The number of nitrogens with zero attached hydrogens (tertiary/aromatic N) is 2. The fraction of sp³-hybridized carbons (Fsp3) is 0.692. The van der Waals surface area contributed by atoms with Gasteiger partial charge in [0.15, 0.2) is 0 Å². The zero-order chi connectivity index (χ0) is 12.8. The highest BCUT2D eigenvalue weighted by molar-refractivity contribution is 5.85. The number of amides is 1. The molecule has 1 saturated heterocycles. The van der Waals surface area contributed by atoms with Crippen molar-refractivity contribution in [3.63, 3.8) is 0 Å². The third-order valence-electron chi connectivity index (χ3n) is 3.12. The summed E-state index contributed by atoms with van der Waals surface area (Å²) in [4.78, 5) is 13.7. The first kappa shape index (κ1) is 16.8. The van der Waals surface area contributed by atoms with E-state index in [-0.39, 0.29) is 30.3 Å². The first-order chi connectivity index (χ1) is 8.10. The summed E-state index contributed by atoms with van der Waals surface area (Å²) in [5.74, 6) is 2.69. The molecule has 1 heterocycles. The van der Waals surface area contributed by atoms with E-state index in [1.54, 1.807) is 4.90 Å². The van der Waals surface area contributed by atoms with Crippen LogP contribution in [0.15, 0.2) is 0 Å². The minimum absolute atomic E-state index is 0. The number of rotatable bonds is 4. The second kappa shape index (κ2) is 7.97. The summed E-state index contributed by atoms with van der Waals surface area (Å²) in [6.45, 7) is 2.63. The SMILES string of the molecule is C#CCC(C)C[C@H](N)C(=O)N1CCCC1C#N.Cl. The Morgan fingerprint density at radius 2 is 2.33 bits per heavy atom. The summed E-state index contributed by atoms with van der Waals surface area (Å²) >= 11 is 0. The van der Waals surface area contributed by atoms with Gasteiger partial charge in [-0.2, -0.15) is 5.26 Å². The summed E-state index contributed by atoms with van der Waals surface area (Å²) in [5, 5.41) is 8.92. The molecule has 0 saturated carbocycles. The topological polar surface area (TPSA) is 70.1 Å². The number of carbonyl (C=O) groups is 1. The van der Waals surface area contributed by atoms with Crippen LogP contribution in [0.2, 0.25) is 0 Å². The van der Waals surface area contributed by atoms with Crippen LogP contribution in [0.5, 0.6) is 0 Å². The number of terminal acetylenes is 1. The molecule has 0 bridgehead atoms. The Hall–Kier alpha value is -1.23. The number of nitriles is 1. The Labute approximate surface area is 115 Å². The van der Waals surface area contributed by atoms with Gasteiger partial charge in [0.05, 0.1) is 12.1 Å². The van der Waals surface area contributed by atoms with Crippen LogP contribution in [0, 0.1) is 29.6 Å². The fourth-order valence-electron chi connectivity index (χ4n) is 2.20. The van der Waals surface area contributed by atoms with Crippen molar-refractivity contribution in [2.45, 2.75) is 44.7 Å². The van der Waals surface area contributed by atoms with Crippen molar-refractivity contribution in [1.82, 2.24) is 4.90 Å². The van der Waals surface area contributed by atoms with Gasteiger partial charge in [0.2, 0.25) is 5.91 Å². The van der Waals surface area contributed by atoms with Crippen LogP contribution in [0.1, 0.15) is 32.6 Å². The average Bonchev–Trinajstić information content (AvgIpc) is 2.76. The predicted octanol–water partition coefficient (Wildman–Crippen LogP) is 1.30. The van der Waals surface area contributed by atoms with Crippen LogP contribution in [-0.4, -0.2) is 29.4 Å². The van der Waals surface area contributed by atoms with E-state index < -0.39 is 6.04 Å². The summed E-state index contributed by atoms with van der Waals surface area (Å²) in [7, 11) is 0. The molecule has 1 amide bonds. The van der Waals surface area contributed by atoms with Gasteiger partial charge in [0.1, 0.15) is 6.04 Å². The Morgan fingerprint density at radius 1 is 1.67 bits per heavy atom. The van der Waals surface area contributed by atoms with Crippen molar-refractivity contribution >= 4 is 18.3 Å². The molecule has 5 heteroatoms. The quantitative estimate of drug-likeness (QED) is 0.782. The van der Waals surface area contributed by atoms with E-state index in [2.05, 4.69) is 12.0 Å². The third kappa shape index (κ3) is 4.22. The first-order valence-electron chi connectivity index (χ1n) is 5.99. The zero-order valence-electron chi connectivity index (χ0n) is 10.6. The molecule has 100 valence electrons. The zero-order valence-corrected chi connectivity index (χ0v) is 11.4. The summed E-state index contributed by atoms with van der Waals surface area (Å²) < 4.78 is 0. The van der Waals surface area contributed by atoms with Crippen molar-refractivity contribution in [2.75, 3.05) is 6.54 Å². The Kier molecular flexibility index (Phi) is 7.43. The molecule has 0 aromatic carbocycles. The van der Waals surface area contributed by atoms with E-state index in [1.165, 1.54) is 0 Å². The summed E-state index contributed by atoms with van der Waals surface area (Å²) in [6.07, 6.45) is 8.07. The van der Waals surface area contributed by atoms with E-state index in [0.29, 0.717) is 19.4 Å². The molecule has 2 unspecified atom stereocenters. The Morgan fingerprint density at radius 3 is 2.89 bits per heavy atom. The van der Waals surface area contributed by atoms with Crippen LogP contribution in [0.3, 0.4) is 0 Å². The lowest BCUT2D eigenvalue weighted by Crippen LogP contribution is -2.46. The van der Waals surface area contributed by atoms with Crippen molar-refractivity contribution in [2.24, 2.45) is 11.7 Å². The van der Waals surface area contributed by atoms with Crippen LogP contribution in [0.4, 0.5) is 0 Å². The van der Waals surface area contributed by atoms with Crippen molar-refractivity contribution in [3.8, 4) is 18.4 Å². The molecule has 0 aliphatic carbocycles. The van der Waals surface area contributed by atoms with Crippen LogP contribution in [0.25, 0.3) is 0 Å². The van der Waals surface area contributed by atoms with Crippen LogP contribution in [-0.2, 0) is 4.79 Å². The number of hydrogen-bond acceptors (Lipinski definition) is 3. The maximum Gasteiger partial charge on any atom is 0.240 e. The lowest BCUT2D eigenvalue weighted by molar-refractivity contribution is -0.132. The normalized spacial score (nSPS) is 21.3. The standard InChI is InChI=1S/C13H19N3O.ClH/c1-3-5-10(2)8-12(15)13(17)16-7-4-6-11(16)9-14;/h1,10-12H,4-8,15H2,2H3;1H/t10?,11?,12-;/m0./s1. The number of likely N-dealkylation sites (tertiary alicyclic amines) is 1. The highest BCUT2D eigenvalue weighted by Crippen LogP contribution is 2.19. The van der Waals surface area contributed by atoms with E-state index >= 15 is 0 Å². The molecule has 0 radical (unpaired) electrons. The summed E-state index contributed by atoms with van der Waals surface area (Å²) in [6, 6.07) is 1.32. The molecule has 0 aromatic rings. The molecule has 0 spiro atoms. The number of carbonyl (C=O) groups excluding carboxylic acids is 1. The van der Waals surface area contributed by atoms with Crippen molar-refractivity contribution in [1.29, 1.82) is 5.26 Å². The largest absolute Gasteiger partial charge is 0.325 e. The monoisotopic (exact) mass is 269 g/mol. The van der Waals surface area contributed by atoms with Gasteiger partial charge in [0, 0.05) is 13.0 Å². The minimum Gasteiger partial charge on any atom is -0.325 e.